The highest BCUT2D eigenvalue weighted by Crippen LogP contribution is 2.25. The van der Waals surface area contributed by atoms with Gasteiger partial charge in [-0.25, -0.2) is 0 Å². The van der Waals surface area contributed by atoms with Crippen molar-refractivity contribution in [3.05, 3.63) is 71.8 Å². The molecule has 2 nitrogen and oxygen atoms in total. The zero-order valence-electron chi connectivity index (χ0n) is 16.2. The zero-order valence-corrected chi connectivity index (χ0v) is 18.2. The Bertz CT molecular complexity index is 577. The van der Waals surface area contributed by atoms with E-state index in [0.29, 0.717) is 17.9 Å². The molecular weight excluding hydrogens is 358 g/mol. The van der Waals surface area contributed by atoms with Gasteiger partial charge in [0.15, 0.2) is 0 Å². The van der Waals surface area contributed by atoms with Crippen molar-refractivity contribution in [1.82, 2.24) is 4.90 Å². The highest BCUT2D eigenvalue weighted by atomic mass is 32.1. The van der Waals surface area contributed by atoms with Gasteiger partial charge in [-0.05, 0) is 36.3 Å². The summed E-state index contributed by atoms with van der Waals surface area (Å²) in [6.07, 6.45) is 1.06. The molecule has 0 heterocycles. The minimum absolute atomic E-state index is 0. The minimum Gasteiger partial charge on any atom is -0.396 e. The van der Waals surface area contributed by atoms with Crippen LogP contribution < -0.4 is 0 Å². The van der Waals surface area contributed by atoms with Crippen molar-refractivity contribution in [2.45, 2.75) is 39.8 Å². The second kappa shape index (κ2) is 13.3. The minimum atomic E-state index is 0. The van der Waals surface area contributed by atoms with Gasteiger partial charge in [-0.3, -0.25) is 4.90 Å². The largest absolute Gasteiger partial charge is 0.396 e. The fourth-order valence-corrected chi connectivity index (χ4v) is 3.33. The Hall–Kier alpha value is -0.940. The summed E-state index contributed by atoms with van der Waals surface area (Å²) in [4.78, 5) is 2.49. The molecule has 0 fully saturated rings. The van der Waals surface area contributed by atoms with Crippen molar-refractivity contribution in [1.29, 1.82) is 0 Å². The molecule has 2 rings (SSSR count). The third-order valence-electron chi connectivity index (χ3n) is 4.61. The summed E-state index contributed by atoms with van der Waals surface area (Å²) in [5, 5.41) is 9.82. The summed E-state index contributed by atoms with van der Waals surface area (Å²) in [5.74, 6) is 0.924. The van der Waals surface area contributed by atoms with Crippen LogP contribution in [0.5, 0.6) is 0 Å². The smallest absolute Gasteiger partial charge is 0.0471 e. The van der Waals surface area contributed by atoms with Crippen LogP contribution in [0.15, 0.2) is 60.7 Å². The van der Waals surface area contributed by atoms with E-state index >= 15 is 0 Å². The molecule has 0 saturated heterocycles. The van der Waals surface area contributed by atoms with Crippen molar-refractivity contribution < 1.29 is 5.11 Å². The molecule has 0 aliphatic rings. The lowest BCUT2D eigenvalue weighted by Crippen LogP contribution is -2.33. The van der Waals surface area contributed by atoms with Crippen molar-refractivity contribution >= 4 is 27.0 Å². The number of nitrogens with zero attached hydrogens (tertiary/aromatic N) is 1. The molecule has 2 aromatic rings. The van der Waals surface area contributed by atoms with E-state index in [1.807, 2.05) is 0 Å². The predicted molar refractivity (Wildman–Crippen MR) is 123 cm³/mol. The molecule has 0 saturated carbocycles. The van der Waals surface area contributed by atoms with E-state index in [4.69, 9.17) is 0 Å². The maximum absolute atomic E-state index is 9.82. The molecule has 0 amide bonds. The normalized spacial score (nSPS) is 13.0. The fraction of sp³-hybridized carbons (Fsp3) is 0.455. The molecule has 2 aromatic carbocycles. The number of aliphatic hydroxyl groups is 1. The molecule has 2 atom stereocenters. The number of aliphatic hydroxyl groups excluding tert-OH is 1. The van der Waals surface area contributed by atoms with E-state index in [2.05, 4.69) is 86.3 Å². The van der Waals surface area contributed by atoms with E-state index in [-0.39, 0.29) is 33.6 Å². The van der Waals surface area contributed by atoms with Crippen LogP contribution in [0.2, 0.25) is 0 Å². The quantitative estimate of drug-likeness (QED) is 0.638. The first kappa shape index (κ1) is 25.1. The van der Waals surface area contributed by atoms with Crippen molar-refractivity contribution in [3.63, 3.8) is 0 Å². The van der Waals surface area contributed by atoms with Crippen LogP contribution in [0.3, 0.4) is 0 Å². The van der Waals surface area contributed by atoms with Crippen molar-refractivity contribution in [2.24, 2.45) is 11.8 Å². The second-order valence-electron chi connectivity index (χ2n) is 7.18. The molecule has 4 heteroatoms. The maximum atomic E-state index is 9.82. The van der Waals surface area contributed by atoms with Crippen LogP contribution >= 0.6 is 27.0 Å². The molecule has 0 aromatic heterocycles. The Labute approximate surface area is 173 Å². The molecule has 1 N–H and O–H groups in total. The number of rotatable bonds is 9. The Morgan fingerprint density at radius 3 is 1.88 bits per heavy atom. The first-order chi connectivity index (χ1) is 11.6. The predicted octanol–water partition coefficient (Wildman–Crippen LogP) is 5.13. The third-order valence-corrected chi connectivity index (χ3v) is 4.61. The van der Waals surface area contributed by atoms with Gasteiger partial charge in [0.2, 0.25) is 0 Å². The average molecular weight is 394 g/mol. The van der Waals surface area contributed by atoms with E-state index in [9.17, 15) is 5.11 Å². The lowest BCUT2D eigenvalue weighted by Gasteiger charge is -2.33. The van der Waals surface area contributed by atoms with Crippen LogP contribution in [0.25, 0.3) is 0 Å². The highest BCUT2D eigenvalue weighted by Gasteiger charge is 2.21. The SMILES string of the molecule is CC(C)C[C@H](CO)CN(Cc1ccccc1)[C@@H](C)c1ccccc1.S.S. The topological polar surface area (TPSA) is 23.5 Å². The van der Waals surface area contributed by atoms with Gasteiger partial charge in [0, 0.05) is 25.7 Å². The summed E-state index contributed by atoms with van der Waals surface area (Å²) in [6.45, 7) is 8.80. The van der Waals surface area contributed by atoms with Gasteiger partial charge in [0.05, 0.1) is 0 Å². The summed E-state index contributed by atoms with van der Waals surface area (Å²) < 4.78 is 0. The molecule has 0 aliphatic heterocycles. The van der Waals surface area contributed by atoms with E-state index in [1.165, 1.54) is 11.1 Å². The Morgan fingerprint density at radius 1 is 0.846 bits per heavy atom. The Kier molecular flexibility index (Phi) is 12.8. The number of hydrogen-bond donors (Lipinski definition) is 1. The van der Waals surface area contributed by atoms with Gasteiger partial charge in [0.25, 0.3) is 0 Å². The molecule has 0 aliphatic carbocycles. The van der Waals surface area contributed by atoms with Gasteiger partial charge < -0.3 is 5.11 Å². The van der Waals surface area contributed by atoms with Crippen LogP contribution in [0, 0.1) is 11.8 Å². The van der Waals surface area contributed by atoms with Crippen LogP contribution in [-0.4, -0.2) is 23.2 Å². The van der Waals surface area contributed by atoms with E-state index in [1.54, 1.807) is 0 Å². The third kappa shape index (κ3) is 8.17. The highest BCUT2D eigenvalue weighted by molar-refractivity contribution is 7.59. The van der Waals surface area contributed by atoms with Crippen LogP contribution in [0.1, 0.15) is 44.4 Å². The summed E-state index contributed by atoms with van der Waals surface area (Å²) in [7, 11) is 0. The van der Waals surface area contributed by atoms with Crippen LogP contribution in [-0.2, 0) is 6.54 Å². The fourth-order valence-electron chi connectivity index (χ4n) is 3.33. The standard InChI is InChI=1S/C22H31NO.2H2S/c1-18(2)14-21(17-24)16-23(15-20-10-6-4-7-11-20)19(3)22-12-8-5-9-13-22;;/h4-13,18-19,21,24H,14-17H2,1-3H3;2*1H2/t19-,21-;;/m0../s1. The van der Waals surface area contributed by atoms with Gasteiger partial charge in [-0.2, -0.15) is 27.0 Å². The van der Waals surface area contributed by atoms with Crippen molar-refractivity contribution in [3.8, 4) is 0 Å². The lowest BCUT2D eigenvalue weighted by atomic mass is 9.95. The van der Waals surface area contributed by atoms with Crippen LogP contribution in [0.4, 0.5) is 0 Å². The molecule has 0 bridgehead atoms. The first-order valence-corrected chi connectivity index (χ1v) is 9.04. The molecule has 0 unspecified atom stereocenters. The second-order valence-corrected chi connectivity index (χ2v) is 7.18. The number of benzene rings is 2. The van der Waals surface area contributed by atoms with Crippen molar-refractivity contribution in [2.75, 3.05) is 13.2 Å². The molecule has 26 heavy (non-hydrogen) atoms. The summed E-state index contributed by atoms with van der Waals surface area (Å²) in [6, 6.07) is 21.6. The molecule has 0 radical (unpaired) electrons. The van der Waals surface area contributed by atoms with Gasteiger partial charge >= 0.3 is 0 Å². The van der Waals surface area contributed by atoms with E-state index in [0.717, 1.165) is 19.5 Å². The monoisotopic (exact) mass is 393 g/mol. The molecule has 146 valence electrons. The van der Waals surface area contributed by atoms with Gasteiger partial charge in [0.1, 0.15) is 0 Å². The molecule has 0 spiro atoms. The lowest BCUT2D eigenvalue weighted by molar-refractivity contribution is 0.117. The molecular formula is C22H35NOS2. The number of hydrogen-bond acceptors (Lipinski definition) is 2. The van der Waals surface area contributed by atoms with E-state index < -0.39 is 0 Å². The van der Waals surface area contributed by atoms with Gasteiger partial charge in [-0.1, -0.05) is 74.5 Å². The Balaban J connectivity index is 0.00000312. The first-order valence-electron chi connectivity index (χ1n) is 9.04. The Morgan fingerprint density at radius 2 is 1.38 bits per heavy atom. The summed E-state index contributed by atoms with van der Waals surface area (Å²) >= 11 is 0. The summed E-state index contributed by atoms with van der Waals surface area (Å²) in [5.41, 5.74) is 2.65. The average Bonchev–Trinajstić information content (AvgIpc) is 2.61. The zero-order chi connectivity index (χ0) is 17.4. The maximum Gasteiger partial charge on any atom is 0.0471 e. The van der Waals surface area contributed by atoms with Gasteiger partial charge in [-0.15, -0.1) is 0 Å².